The van der Waals surface area contributed by atoms with E-state index in [1.54, 1.807) is 25.1 Å². The van der Waals surface area contributed by atoms with Crippen LogP contribution in [0.1, 0.15) is 35.9 Å². The summed E-state index contributed by atoms with van der Waals surface area (Å²) >= 11 is 0. The van der Waals surface area contributed by atoms with E-state index in [-0.39, 0.29) is 18.8 Å². The number of likely N-dealkylation sites (tertiary alicyclic amines) is 1. The van der Waals surface area contributed by atoms with Gasteiger partial charge in [-0.3, -0.25) is 4.98 Å². The highest BCUT2D eigenvalue weighted by Gasteiger charge is 2.51. The van der Waals surface area contributed by atoms with Gasteiger partial charge in [0.2, 0.25) is 10.0 Å². The number of sulfonamides is 1. The van der Waals surface area contributed by atoms with Crippen LogP contribution in [0.2, 0.25) is 0 Å². The van der Waals surface area contributed by atoms with Gasteiger partial charge in [-0.1, -0.05) is 17.3 Å². The molecule has 1 aromatic heterocycles. The summed E-state index contributed by atoms with van der Waals surface area (Å²) in [4.78, 5) is 11.3. The van der Waals surface area contributed by atoms with Crippen molar-refractivity contribution < 1.29 is 26.4 Å². The maximum atomic E-state index is 14.3. The third-order valence-corrected chi connectivity index (χ3v) is 5.97. The molecule has 1 fully saturated rings. The molecule has 0 saturated carbocycles. The van der Waals surface area contributed by atoms with Gasteiger partial charge in [-0.2, -0.15) is 0 Å². The highest BCUT2D eigenvalue weighted by Crippen LogP contribution is 2.38. The minimum Gasteiger partial charge on any atom is -0.386 e. The molecule has 0 aromatic carbocycles. The third-order valence-electron chi connectivity index (χ3n) is 5.26. The van der Waals surface area contributed by atoms with Gasteiger partial charge in [-0.05, 0) is 25.5 Å². The molecule has 0 spiro atoms. The average molecular weight is 442 g/mol. The maximum absolute atomic E-state index is 14.3. The molecule has 2 atom stereocenters. The molecule has 0 bridgehead atoms. The first kappa shape index (κ1) is 20.9. The fourth-order valence-electron chi connectivity index (χ4n) is 3.84. The van der Waals surface area contributed by atoms with Crippen molar-refractivity contribution in [2.75, 3.05) is 19.3 Å². The number of nitrogens with zero attached hydrogens (tertiary/aromatic N) is 3. The molecule has 7 nitrogen and oxygen atoms in total. The molecule has 1 aliphatic carbocycles. The molecule has 4 rings (SSSR count). The summed E-state index contributed by atoms with van der Waals surface area (Å²) in [5, 5.41) is 3.96. The fraction of sp³-hybridized carbons (Fsp3) is 0.474. The Morgan fingerprint density at radius 2 is 2.10 bits per heavy atom. The second kappa shape index (κ2) is 7.38. The van der Waals surface area contributed by atoms with E-state index in [0.29, 0.717) is 34.8 Å². The van der Waals surface area contributed by atoms with Crippen molar-refractivity contribution in [3.8, 4) is 0 Å². The Morgan fingerprint density at radius 1 is 1.33 bits per heavy atom. The van der Waals surface area contributed by atoms with Crippen molar-refractivity contribution in [1.29, 1.82) is 0 Å². The van der Waals surface area contributed by atoms with E-state index >= 15 is 0 Å². The lowest BCUT2D eigenvalue weighted by atomic mass is 9.98. The Balaban J connectivity index is 1.53. The van der Waals surface area contributed by atoms with Crippen LogP contribution in [0.3, 0.4) is 0 Å². The quantitative estimate of drug-likeness (QED) is 0.775. The van der Waals surface area contributed by atoms with Gasteiger partial charge in [0.1, 0.15) is 17.7 Å². The molecule has 1 saturated heterocycles. The number of aromatic nitrogens is 1. The number of nitrogens with one attached hydrogen (secondary N) is 1. The van der Waals surface area contributed by atoms with E-state index in [4.69, 9.17) is 4.84 Å². The first-order valence-electron chi connectivity index (χ1n) is 9.39. The first-order valence-corrected chi connectivity index (χ1v) is 11.3. The van der Waals surface area contributed by atoms with E-state index < -0.39 is 34.6 Å². The number of allylic oxidation sites excluding steroid dienone is 4. The van der Waals surface area contributed by atoms with Crippen LogP contribution >= 0.6 is 0 Å². The van der Waals surface area contributed by atoms with E-state index in [9.17, 15) is 21.6 Å². The summed E-state index contributed by atoms with van der Waals surface area (Å²) in [5.74, 6) is -3.31. The Kier molecular flexibility index (Phi) is 5.13. The molecule has 0 radical (unpaired) electrons. The lowest BCUT2D eigenvalue weighted by Gasteiger charge is -2.17. The first-order chi connectivity index (χ1) is 14.0. The van der Waals surface area contributed by atoms with Crippen molar-refractivity contribution >= 4 is 21.4 Å². The Morgan fingerprint density at radius 3 is 2.77 bits per heavy atom. The van der Waals surface area contributed by atoms with Crippen LogP contribution in [0, 0.1) is 6.92 Å². The topological polar surface area (TPSA) is 83.9 Å². The van der Waals surface area contributed by atoms with Crippen LogP contribution in [0.25, 0.3) is 5.57 Å². The van der Waals surface area contributed by atoms with Crippen molar-refractivity contribution in [3.63, 3.8) is 0 Å². The molecule has 3 aliphatic rings. The Labute approximate surface area is 172 Å². The van der Waals surface area contributed by atoms with E-state index in [1.165, 1.54) is 11.0 Å². The molecule has 1 N–H and O–H groups in total. The number of halogens is 3. The molecule has 2 aliphatic heterocycles. The minimum absolute atomic E-state index is 0.196. The van der Waals surface area contributed by atoms with Gasteiger partial charge < -0.3 is 9.74 Å². The average Bonchev–Trinajstić information content (AvgIpc) is 3.33. The number of aryl methyl sites for hydroxylation is 1. The summed E-state index contributed by atoms with van der Waals surface area (Å²) in [6.07, 6.45) is 3.95. The SMILES string of the molecule is Cc1ccc(C2CC(N3C[C@@H](NS(C)(=O)=O)C(F)(F)C3)=NO2)c(C2=C(F)C=CC2)n1. The van der Waals surface area contributed by atoms with E-state index in [2.05, 4.69) is 10.1 Å². The molecular weight excluding hydrogens is 421 g/mol. The van der Waals surface area contributed by atoms with E-state index in [1.807, 2.05) is 4.72 Å². The molecule has 1 unspecified atom stereocenters. The monoisotopic (exact) mass is 442 g/mol. The van der Waals surface area contributed by atoms with Crippen molar-refractivity contribution in [3.05, 3.63) is 47.1 Å². The summed E-state index contributed by atoms with van der Waals surface area (Å²) in [6, 6.07) is 2.01. The van der Waals surface area contributed by atoms with E-state index in [0.717, 1.165) is 6.26 Å². The molecule has 0 amide bonds. The van der Waals surface area contributed by atoms with Crippen molar-refractivity contribution in [2.45, 2.75) is 37.8 Å². The van der Waals surface area contributed by atoms with Gasteiger partial charge in [0.25, 0.3) is 5.92 Å². The molecule has 30 heavy (non-hydrogen) atoms. The third kappa shape index (κ3) is 4.08. The van der Waals surface area contributed by atoms with Gasteiger partial charge in [-0.25, -0.2) is 26.3 Å². The molecule has 162 valence electrons. The van der Waals surface area contributed by atoms with Crippen LogP contribution < -0.4 is 4.72 Å². The van der Waals surface area contributed by atoms with Gasteiger partial charge >= 0.3 is 0 Å². The van der Waals surface area contributed by atoms with Crippen LogP contribution in [-0.4, -0.2) is 55.4 Å². The molecular formula is C19H21F3N4O3S. The molecule has 3 heterocycles. The number of rotatable bonds is 4. The van der Waals surface area contributed by atoms with Crippen LogP contribution in [0.15, 0.2) is 35.3 Å². The Bertz CT molecular complexity index is 1070. The van der Waals surface area contributed by atoms with Gasteiger partial charge in [0, 0.05) is 23.4 Å². The largest absolute Gasteiger partial charge is 0.386 e. The normalized spacial score (nSPS) is 25.8. The molecule has 1 aromatic rings. The zero-order valence-electron chi connectivity index (χ0n) is 16.4. The standard InChI is InChI=1S/C19H21F3N4O3S/c1-11-6-7-13(18(23-11)12-4-3-5-14(12)20)15-8-17(24-29-15)26-9-16(19(21,22)10-26)25-30(2,27)28/h3,5-7,15-16,25H,4,8-10H2,1-2H3/t15?,16-/m1/s1. The Hall–Kier alpha value is -2.40. The summed E-state index contributed by atoms with van der Waals surface area (Å²) in [5.41, 5.74) is 2.28. The van der Waals surface area contributed by atoms with Crippen molar-refractivity contribution in [2.24, 2.45) is 5.16 Å². The van der Waals surface area contributed by atoms with Crippen LogP contribution in [-0.2, 0) is 14.9 Å². The van der Waals surface area contributed by atoms with Gasteiger partial charge in [-0.15, -0.1) is 0 Å². The lowest BCUT2D eigenvalue weighted by molar-refractivity contribution is -0.00123. The van der Waals surface area contributed by atoms with Crippen LogP contribution in [0.4, 0.5) is 13.2 Å². The second-order valence-electron chi connectivity index (χ2n) is 7.71. The highest BCUT2D eigenvalue weighted by atomic mass is 32.2. The minimum atomic E-state index is -3.79. The second-order valence-corrected chi connectivity index (χ2v) is 9.49. The van der Waals surface area contributed by atoms with Crippen LogP contribution in [0.5, 0.6) is 0 Å². The lowest BCUT2D eigenvalue weighted by Crippen LogP contribution is -2.46. The number of amidine groups is 1. The van der Waals surface area contributed by atoms with Gasteiger partial charge in [0.15, 0.2) is 6.10 Å². The number of hydrogen-bond donors (Lipinski definition) is 1. The highest BCUT2D eigenvalue weighted by molar-refractivity contribution is 7.88. The zero-order valence-corrected chi connectivity index (χ0v) is 17.2. The predicted octanol–water partition coefficient (Wildman–Crippen LogP) is 2.67. The number of hydrogen-bond acceptors (Lipinski definition) is 6. The maximum Gasteiger partial charge on any atom is 0.282 e. The molecule has 11 heteroatoms. The zero-order chi connectivity index (χ0) is 21.7. The summed E-state index contributed by atoms with van der Waals surface area (Å²) in [7, 11) is -3.79. The summed E-state index contributed by atoms with van der Waals surface area (Å²) < 4.78 is 67.5. The predicted molar refractivity (Wildman–Crippen MR) is 105 cm³/mol. The van der Waals surface area contributed by atoms with Crippen molar-refractivity contribution in [1.82, 2.24) is 14.6 Å². The number of alkyl halides is 2. The fourth-order valence-corrected chi connectivity index (χ4v) is 4.60. The van der Waals surface area contributed by atoms with Gasteiger partial charge in [0.05, 0.1) is 24.9 Å². The smallest absolute Gasteiger partial charge is 0.282 e. The number of oxime groups is 1. The number of pyridine rings is 1. The summed E-state index contributed by atoms with van der Waals surface area (Å²) in [6.45, 7) is 0.905.